The molecule has 5 heteroatoms. The largest absolute Gasteiger partial charge is 0.323 e. The van der Waals surface area contributed by atoms with Gasteiger partial charge in [0.2, 0.25) is 0 Å². The van der Waals surface area contributed by atoms with Crippen LogP contribution in [0.15, 0.2) is 48.8 Å². The lowest BCUT2D eigenvalue weighted by atomic mass is 9.97. The SMILES string of the molecule is C[C@H](N)c1[nH]nc(-c2ccc(F)cc2)c1-c1ccncc1. The molecule has 0 radical (unpaired) electrons. The van der Waals surface area contributed by atoms with Crippen LogP contribution in [0.25, 0.3) is 22.4 Å². The van der Waals surface area contributed by atoms with Crippen molar-refractivity contribution in [1.82, 2.24) is 15.2 Å². The first-order valence-corrected chi connectivity index (χ1v) is 6.67. The molecule has 0 aliphatic rings. The van der Waals surface area contributed by atoms with Crippen LogP contribution < -0.4 is 5.73 Å². The van der Waals surface area contributed by atoms with Crippen molar-refractivity contribution >= 4 is 0 Å². The minimum Gasteiger partial charge on any atom is -0.323 e. The van der Waals surface area contributed by atoms with Crippen LogP contribution in [-0.4, -0.2) is 15.2 Å². The van der Waals surface area contributed by atoms with E-state index in [-0.39, 0.29) is 11.9 Å². The molecule has 0 fully saturated rings. The standard InChI is InChI=1S/C16H15FN4/c1-10(18)15-14(11-6-8-19-9-7-11)16(21-20-15)12-2-4-13(17)5-3-12/h2-10H,18H2,1H3,(H,20,21)/t10-/m0/s1. The number of halogens is 1. The van der Waals surface area contributed by atoms with Gasteiger partial charge in [-0.2, -0.15) is 5.10 Å². The van der Waals surface area contributed by atoms with E-state index < -0.39 is 0 Å². The van der Waals surface area contributed by atoms with Gasteiger partial charge in [-0.3, -0.25) is 10.1 Å². The molecule has 3 aromatic rings. The Morgan fingerprint density at radius 2 is 1.71 bits per heavy atom. The summed E-state index contributed by atoms with van der Waals surface area (Å²) in [5.74, 6) is -0.271. The highest BCUT2D eigenvalue weighted by Crippen LogP contribution is 2.34. The van der Waals surface area contributed by atoms with E-state index >= 15 is 0 Å². The third-order valence-electron chi connectivity index (χ3n) is 3.34. The normalized spacial score (nSPS) is 12.3. The zero-order valence-electron chi connectivity index (χ0n) is 11.5. The smallest absolute Gasteiger partial charge is 0.123 e. The fourth-order valence-electron chi connectivity index (χ4n) is 2.31. The minimum absolute atomic E-state index is 0.185. The van der Waals surface area contributed by atoms with Gasteiger partial charge in [-0.25, -0.2) is 4.39 Å². The van der Waals surface area contributed by atoms with Crippen molar-refractivity contribution in [3.05, 3.63) is 60.3 Å². The van der Waals surface area contributed by atoms with E-state index in [1.165, 1.54) is 12.1 Å². The summed E-state index contributed by atoms with van der Waals surface area (Å²) < 4.78 is 13.1. The van der Waals surface area contributed by atoms with Crippen molar-refractivity contribution in [2.24, 2.45) is 5.73 Å². The van der Waals surface area contributed by atoms with Crippen LogP contribution in [0.1, 0.15) is 18.7 Å². The highest BCUT2D eigenvalue weighted by Gasteiger charge is 2.18. The fourth-order valence-corrected chi connectivity index (χ4v) is 2.31. The second kappa shape index (κ2) is 5.46. The highest BCUT2D eigenvalue weighted by atomic mass is 19.1. The molecule has 106 valence electrons. The fraction of sp³-hybridized carbons (Fsp3) is 0.125. The number of aromatic nitrogens is 3. The monoisotopic (exact) mass is 282 g/mol. The molecule has 2 aromatic heterocycles. The summed E-state index contributed by atoms with van der Waals surface area (Å²) in [5.41, 5.74) is 10.4. The molecule has 0 aliphatic heterocycles. The van der Waals surface area contributed by atoms with E-state index in [2.05, 4.69) is 15.2 Å². The van der Waals surface area contributed by atoms with Crippen LogP contribution in [0.2, 0.25) is 0 Å². The molecule has 0 spiro atoms. The van der Waals surface area contributed by atoms with E-state index in [0.29, 0.717) is 0 Å². The van der Waals surface area contributed by atoms with E-state index in [4.69, 9.17) is 5.73 Å². The average molecular weight is 282 g/mol. The summed E-state index contributed by atoms with van der Waals surface area (Å²) in [6.45, 7) is 1.90. The van der Waals surface area contributed by atoms with Crippen LogP contribution in [0, 0.1) is 5.82 Å². The predicted molar refractivity (Wildman–Crippen MR) is 79.8 cm³/mol. The first-order valence-electron chi connectivity index (χ1n) is 6.67. The molecule has 0 amide bonds. The zero-order chi connectivity index (χ0) is 14.8. The Hall–Kier alpha value is -2.53. The van der Waals surface area contributed by atoms with Crippen LogP contribution >= 0.6 is 0 Å². The number of benzene rings is 1. The summed E-state index contributed by atoms with van der Waals surface area (Å²) in [4.78, 5) is 4.03. The van der Waals surface area contributed by atoms with Gasteiger partial charge >= 0.3 is 0 Å². The number of nitrogens with zero attached hydrogens (tertiary/aromatic N) is 2. The van der Waals surface area contributed by atoms with Crippen molar-refractivity contribution in [2.75, 3.05) is 0 Å². The number of hydrogen-bond acceptors (Lipinski definition) is 3. The van der Waals surface area contributed by atoms with Crippen molar-refractivity contribution in [2.45, 2.75) is 13.0 Å². The van der Waals surface area contributed by atoms with E-state index in [1.54, 1.807) is 24.5 Å². The molecule has 2 heterocycles. The molecule has 21 heavy (non-hydrogen) atoms. The molecule has 4 nitrogen and oxygen atoms in total. The van der Waals surface area contributed by atoms with Gasteiger partial charge in [-0.1, -0.05) is 0 Å². The number of nitrogens with two attached hydrogens (primary N) is 1. The molecule has 3 N–H and O–H groups in total. The van der Waals surface area contributed by atoms with Gasteiger partial charge in [0.15, 0.2) is 0 Å². The Kier molecular flexibility index (Phi) is 3.50. The second-order valence-electron chi connectivity index (χ2n) is 4.89. The summed E-state index contributed by atoms with van der Waals surface area (Å²) in [5, 5.41) is 7.36. The van der Waals surface area contributed by atoms with Crippen LogP contribution in [-0.2, 0) is 0 Å². The highest BCUT2D eigenvalue weighted by molar-refractivity contribution is 5.82. The zero-order valence-corrected chi connectivity index (χ0v) is 11.5. The molecule has 0 saturated carbocycles. The van der Waals surface area contributed by atoms with Gasteiger partial charge in [0.1, 0.15) is 11.5 Å². The maximum atomic E-state index is 13.1. The van der Waals surface area contributed by atoms with E-state index in [9.17, 15) is 4.39 Å². The predicted octanol–water partition coefficient (Wildman–Crippen LogP) is 3.30. The molecule has 1 aromatic carbocycles. The van der Waals surface area contributed by atoms with Crippen LogP contribution in [0.3, 0.4) is 0 Å². The summed E-state index contributed by atoms with van der Waals surface area (Å²) in [6.07, 6.45) is 3.45. The first kappa shape index (κ1) is 13.5. The molecule has 0 unspecified atom stereocenters. The Morgan fingerprint density at radius 3 is 2.33 bits per heavy atom. The molecule has 0 aliphatic carbocycles. The number of pyridine rings is 1. The molecule has 0 saturated heterocycles. The molecule has 3 rings (SSSR count). The van der Waals surface area contributed by atoms with Gasteiger partial charge in [-0.15, -0.1) is 0 Å². The lowest BCUT2D eigenvalue weighted by molar-refractivity contribution is 0.628. The van der Waals surface area contributed by atoms with Gasteiger partial charge in [0, 0.05) is 29.6 Å². The van der Waals surface area contributed by atoms with E-state index in [1.807, 2.05) is 19.1 Å². The van der Waals surface area contributed by atoms with Crippen molar-refractivity contribution in [1.29, 1.82) is 0 Å². The number of H-pyrrole nitrogens is 1. The number of aromatic amines is 1. The lowest BCUT2D eigenvalue weighted by Gasteiger charge is -2.08. The third kappa shape index (κ3) is 2.55. The van der Waals surface area contributed by atoms with Crippen LogP contribution in [0.4, 0.5) is 4.39 Å². The molecule has 0 bridgehead atoms. The maximum absolute atomic E-state index is 13.1. The van der Waals surface area contributed by atoms with Gasteiger partial charge in [0.05, 0.1) is 5.69 Å². The topological polar surface area (TPSA) is 67.6 Å². The Morgan fingerprint density at radius 1 is 1.05 bits per heavy atom. The average Bonchev–Trinajstić information content (AvgIpc) is 2.94. The summed E-state index contributed by atoms with van der Waals surface area (Å²) in [7, 11) is 0. The molecular formula is C16H15FN4. The second-order valence-corrected chi connectivity index (χ2v) is 4.89. The molecule has 1 atom stereocenters. The molecular weight excluding hydrogens is 267 g/mol. The van der Waals surface area contributed by atoms with Gasteiger partial charge < -0.3 is 5.73 Å². The minimum atomic E-state index is -0.271. The Bertz CT molecular complexity index is 733. The van der Waals surface area contributed by atoms with Gasteiger partial charge in [0.25, 0.3) is 0 Å². The quantitative estimate of drug-likeness (QED) is 0.774. The van der Waals surface area contributed by atoms with Crippen molar-refractivity contribution in [3.63, 3.8) is 0 Å². The number of nitrogens with one attached hydrogen (secondary N) is 1. The third-order valence-corrected chi connectivity index (χ3v) is 3.34. The summed E-state index contributed by atoms with van der Waals surface area (Å²) in [6, 6.07) is 9.89. The summed E-state index contributed by atoms with van der Waals surface area (Å²) >= 11 is 0. The lowest BCUT2D eigenvalue weighted by Crippen LogP contribution is -2.06. The van der Waals surface area contributed by atoms with Crippen molar-refractivity contribution < 1.29 is 4.39 Å². The Balaban J connectivity index is 2.20. The first-order chi connectivity index (χ1) is 10.2. The number of hydrogen-bond donors (Lipinski definition) is 2. The number of rotatable bonds is 3. The maximum Gasteiger partial charge on any atom is 0.123 e. The Labute approximate surface area is 121 Å². The van der Waals surface area contributed by atoms with Gasteiger partial charge in [-0.05, 0) is 48.9 Å². The van der Waals surface area contributed by atoms with Crippen molar-refractivity contribution in [3.8, 4) is 22.4 Å². The van der Waals surface area contributed by atoms with Crippen LogP contribution in [0.5, 0.6) is 0 Å². The van der Waals surface area contributed by atoms with E-state index in [0.717, 1.165) is 28.1 Å².